The van der Waals surface area contributed by atoms with Crippen molar-refractivity contribution < 1.29 is 9.53 Å². The van der Waals surface area contributed by atoms with E-state index < -0.39 is 5.60 Å². The molecule has 0 radical (unpaired) electrons. The van der Waals surface area contributed by atoms with Crippen LogP contribution in [-0.4, -0.2) is 70.0 Å². The normalized spacial score (nSPS) is 15.5. The van der Waals surface area contributed by atoms with Gasteiger partial charge in [0.05, 0.1) is 12.7 Å². The number of carbonyl (C=O) groups is 1. The van der Waals surface area contributed by atoms with Crippen LogP contribution in [0.2, 0.25) is 0 Å². The third kappa shape index (κ3) is 8.69. The number of carbonyl (C=O) groups excluding carboxylic acids is 1. The molecule has 0 unspecified atom stereocenters. The number of aliphatic imine (C=N–C) groups is 1. The van der Waals surface area contributed by atoms with Crippen LogP contribution in [0, 0.1) is 5.92 Å². The summed E-state index contributed by atoms with van der Waals surface area (Å²) in [4.78, 5) is 21.3. The number of aromatic nitrogens is 2. The summed E-state index contributed by atoms with van der Waals surface area (Å²) >= 11 is 0. The standard InChI is InChI=1S/C21H38N6O2.HI/c1-7-22-19(23-13-18-14-24-25(6)15-18)27-11-9-17(10-12-27)16-26(8-2)20(28)29-21(3,4)5;/h14-15,17H,7-13,16H2,1-6H3,(H,22,23);1H. The molecule has 1 aromatic heterocycles. The van der Waals surface area contributed by atoms with E-state index in [2.05, 4.69) is 22.2 Å². The maximum atomic E-state index is 12.4. The van der Waals surface area contributed by atoms with Crippen LogP contribution in [0.4, 0.5) is 4.79 Å². The van der Waals surface area contributed by atoms with Gasteiger partial charge in [-0.3, -0.25) is 4.68 Å². The maximum Gasteiger partial charge on any atom is 0.410 e. The molecule has 0 atom stereocenters. The lowest BCUT2D eigenvalue weighted by Gasteiger charge is -2.36. The van der Waals surface area contributed by atoms with Crippen LogP contribution in [0.15, 0.2) is 17.4 Å². The predicted octanol–water partition coefficient (Wildman–Crippen LogP) is 3.47. The molecule has 9 heteroatoms. The topological polar surface area (TPSA) is 75.0 Å². The Kier molecular flexibility index (Phi) is 10.9. The van der Waals surface area contributed by atoms with Crippen molar-refractivity contribution in [2.75, 3.05) is 32.7 Å². The van der Waals surface area contributed by atoms with E-state index in [4.69, 9.17) is 9.73 Å². The van der Waals surface area contributed by atoms with Crippen LogP contribution in [0.3, 0.4) is 0 Å². The first-order valence-corrected chi connectivity index (χ1v) is 10.7. The molecule has 1 aromatic rings. The van der Waals surface area contributed by atoms with Crippen molar-refractivity contribution in [3.63, 3.8) is 0 Å². The molecule has 0 spiro atoms. The minimum Gasteiger partial charge on any atom is -0.444 e. The fourth-order valence-electron chi connectivity index (χ4n) is 3.44. The predicted molar refractivity (Wildman–Crippen MR) is 131 cm³/mol. The zero-order valence-corrected chi connectivity index (χ0v) is 21.7. The third-order valence-corrected chi connectivity index (χ3v) is 4.93. The molecule has 2 heterocycles. The maximum absolute atomic E-state index is 12.4. The number of nitrogens with zero attached hydrogens (tertiary/aromatic N) is 5. The van der Waals surface area contributed by atoms with E-state index in [1.165, 1.54) is 0 Å². The number of halogens is 1. The number of aryl methyl sites for hydroxylation is 1. The van der Waals surface area contributed by atoms with Crippen molar-refractivity contribution in [3.05, 3.63) is 18.0 Å². The summed E-state index contributed by atoms with van der Waals surface area (Å²) in [5.74, 6) is 1.44. The highest BCUT2D eigenvalue weighted by molar-refractivity contribution is 14.0. The molecule has 0 bridgehead atoms. The van der Waals surface area contributed by atoms with Gasteiger partial charge in [0.2, 0.25) is 0 Å². The van der Waals surface area contributed by atoms with E-state index in [-0.39, 0.29) is 30.1 Å². The monoisotopic (exact) mass is 534 g/mol. The summed E-state index contributed by atoms with van der Waals surface area (Å²) < 4.78 is 7.34. The molecular weight excluding hydrogens is 495 g/mol. The van der Waals surface area contributed by atoms with E-state index in [0.717, 1.165) is 50.5 Å². The second-order valence-electron chi connectivity index (χ2n) is 8.64. The first-order chi connectivity index (χ1) is 13.7. The number of guanidine groups is 1. The lowest BCUT2D eigenvalue weighted by Crippen LogP contribution is -2.47. The second-order valence-corrected chi connectivity index (χ2v) is 8.64. The summed E-state index contributed by atoms with van der Waals surface area (Å²) in [7, 11) is 1.92. The molecule has 2 rings (SSSR count). The van der Waals surface area contributed by atoms with Crippen molar-refractivity contribution in [2.45, 2.75) is 59.6 Å². The first kappa shape index (κ1) is 26.5. The SMILES string of the molecule is CCNC(=NCc1cnn(C)c1)N1CCC(CN(CC)C(=O)OC(C)(C)C)CC1.I. The highest BCUT2D eigenvalue weighted by atomic mass is 127. The average Bonchev–Trinajstić information content (AvgIpc) is 3.07. The lowest BCUT2D eigenvalue weighted by atomic mass is 9.96. The van der Waals surface area contributed by atoms with Crippen molar-refractivity contribution >= 4 is 36.0 Å². The number of rotatable bonds is 6. The lowest BCUT2D eigenvalue weighted by molar-refractivity contribution is 0.0214. The van der Waals surface area contributed by atoms with Gasteiger partial charge in [0.15, 0.2) is 5.96 Å². The van der Waals surface area contributed by atoms with Crippen molar-refractivity contribution in [3.8, 4) is 0 Å². The Hall–Kier alpha value is -1.52. The van der Waals surface area contributed by atoms with Crippen LogP contribution in [-0.2, 0) is 18.3 Å². The van der Waals surface area contributed by atoms with Crippen molar-refractivity contribution in [1.82, 2.24) is 24.9 Å². The van der Waals surface area contributed by atoms with Gasteiger partial charge < -0.3 is 19.9 Å². The van der Waals surface area contributed by atoms with Gasteiger partial charge in [-0.25, -0.2) is 9.79 Å². The average molecular weight is 534 g/mol. The minimum atomic E-state index is -0.459. The van der Waals surface area contributed by atoms with Gasteiger partial charge in [0, 0.05) is 51.5 Å². The van der Waals surface area contributed by atoms with Crippen molar-refractivity contribution in [1.29, 1.82) is 0 Å². The molecule has 1 N–H and O–H groups in total. The molecule has 0 aliphatic carbocycles. The van der Waals surface area contributed by atoms with E-state index in [1.54, 1.807) is 4.68 Å². The Morgan fingerprint density at radius 3 is 2.50 bits per heavy atom. The van der Waals surface area contributed by atoms with Gasteiger partial charge in [0.1, 0.15) is 5.60 Å². The van der Waals surface area contributed by atoms with Crippen LogP contribution in [0.25, 0.3) is 0 Å². The Bertz CT molecular complexity index is 677. The number of likely N-dealkylation sites (tertiary alicyclic amines) is 1. The highest BCUT2D eigenvalue weighted by Gasteiger charge is 2.27. The highest BCUT2D eigenvalue weighted by Crippen LogP contribution is 2.20. The molecule has 1 aliphatic rings. The summed E-state index contributed by atoms with van der Waals surface area (Å²) in [6.45, 7) is 14.6. The Morgan fingerprint density at radius 1 is 1.33 bits per heavy atom. The number of piperidine rings is 1. The summed E-state index contributed by atoms with van der Waals surface area (Å²) in [5, 5.41) is 7.61. The van der Waals surface area contributed by atoms with Crippen LogP contribution in [0.1, 0.15) is 53.0 Å². The molecule has 1 aliphatic heterocycles. The third-order valence-electron chi connectivity index (χ3n) is 4.93. The van der Waals surface area contributed by atoms with E-state index in [0.29, 0.717) is 19.0 Å². The Balaban J connectivity index is 0.00000450. The van der Waals surface area contributed by atoms with Gasteiger partial charge in [0.25, 0.3) is 0 Å². The molecular formula is C21H39IN6O2. The van der Waals surface area contributed by atoms with Gasteiger partial charge >= 0.3 is 6.09 Å². The van der Waals surface area contributed by atoms with Gasteiger partial charge in [-0.1, -0.05) is 0 Å². The Morgan fingerprint density at radius 2 is 2.00 bits per heavy atom. The molecule has 1 saturated heterocycles. The van der Waals surface area contributed by atoms with Gasteiger partial charge in [-0.15, -0.1) is 24.0 Å². The molecule has 1 amide bonds. The second kappa shape index (κ2) is 12.4. The van der Waals surface area contributed by atoms with Crippen LogP contribution >= 0.6 is 24.0 Å². The molecule has 8 nitrogen and oxygen atoms in total. The van der Waals surface area contributed by atoms with E-state index >= 15 is 0 Å². The first-order valence-electron chi connectivity index (χ1n) is 10.7. The quantitative estimate of drug-likeness (QED) is 0.344. The largest absolute Gasteiger partial charge is 0.444 e. The van der Waals surface area contributed by atoms with E-state index in [1.807, 2.05) is 52.0 Å². The summed E-state index contributed by atoms with van der Waals surface area (Å²) in [5.41, 5.74) is 0.646. The smallest absolute Gasteiger partial charge is 0.410 e. The number of hydrogen-bond acceptors (Lipinski definition) is 4. The Labute approximate surface area is 198 Å². The molecule has 30 heavy (non-hydrogen) atoms. The minimum absolute atomic E-state index is 0. The fraction of sp³-hybridized carbons (Fsp3) is 0.762. The van der Waals surface area contributed by atoms with Gasteiger partial charge in [-0.2, -0.15) is 5.10 Å². The van der Waals surface area contributed by atoms with E-state index in [9.17, 15) is 4.79 Å². The summed E-state index contributed by atoms with van der Waals surface area (Å²) in [6, 6.07) is 0. The number of hydrogen-bond donors (Lipinski definition) is 1. The van der Waals surface area contributed by atoms with Crippen LogP contribution < -0.4 is 5.32 Å². The number of nitrogens with one attached hydrogen (secondary N) is 1. The van der Waals surface area contributed by atoms with Gasteiger partial charge in [-0.05, 0) is 53.4 Å². The number of amides is 1. The molecule has 0 aromatic carbocycles. The molecule has 1 fully saturated rings. The zero-order chi connectivity index (χ0) is 21.4. The summed E-state index contributed by atoms with van der Waals surface area (Å²) in [6.07, 6.45) is 5.71. The van der Waals surface area contributed by atoms with Crippen LogP contribution in [0.5, 0.6) is 0 Å². The van der Waals surface area contributed by atoms with Crippen molar-refractivity contribution in [2.24, 2.45) is 18.0 Å². The molecule has 0 saturated carbocycles. The fourth-order valence-corrected chi connectivity index (χ4v) is 3.44. The zero-order valence-electron chi connectivity index (χ0n) is 19.3. The molecule has 172 valence electrons. The number of ether oxygens (including phenoxy) is 1.